The van der Waals surface area contributed by atoms with E-state index in [1.54, 1.807) is 6.92 Å². The molecule has 2 aliphatic heterocycles. The first-order valence-electron chi connectivity index (χ1n) is 6.99. The first-order chi connectivity index (χ1) is 8.65. The van der Waals surface area contributed by atoms with Crippen molar-refractivity contribution in [3.8, 4) is 0 Å². The van der Waals surface area contributed by atoms with Crippen LogP contribution in [0.25, 0.3) is 0 Å². The fourth-order valence-corrected chi connectivity index (χ4v) is 3.11. The predicted octanol–water partition coefficient (Wildman–Crippen LogP) is -0.0399. The third-order valence-corrected chi connectivity index (χ3v) is 4.31. The summed E-state index contributed by atoms with van der Waals surface area (Å²) in [5.74, 6) is 0.0823. The highest BCUT2D eigenvalue weighted by molar-refractivity contribution is 5.89. The van der Waals surface area contributed by atoms with Crippen LogP contribution in [0.15, 0.2) is 0 Å². The first-order valence-corrected chi connectivity index (χ1v) is 6.99. The van der Waals surface area contributed by atoms with Gasteiger partial charge in [-0.15, -0.1) is 0 Å². The SMILES string of the molecule is CC1NC(=O)CCN(C2CCN(C3CC3)C2)C1=O. The Bertz CT molecular complexity index is 367. The van der Waals surface area contributed by atoms with Crippen molar-refractivity contribution in [3.05, 3.63) is 0 Å². The van der Waals surface area contributed by atoms with E-state index in [2.05, 4.69) is 10.2 Å². The fourth-order valence-electron chi connectivity index (χ4n) is 3.11. The number of hydrogen-bond donors (Lipinski definition) is 1. The molecule has 5 nitrogen and oxygen atoms in total. The largest absolute Gasteiger partial charge is 0.345 e. The summed E-state index contributed by atoms with van der Waals surface area (Å²) in [5, 5.41) is 2.75. The number of hydrogen-bond acceptors (Lipinski definition) is 3. The van der Waals surface area contributed by atoms with Crippen molar-refractivity contribution in [2.75, 3.05) is 19.6 Å². The van der Waals surface area contributed by atoms with E-state index in [9.17, 15) is 9.59 Å². The maximum atomic E-state index is 12.3. The van der Waals surface area contributed by atoms with Crippen LogP contribution < -0.4 is 5.32 Å². The molecule has 0 bridgehead atoms. The molecule has 0 radical (unpaired) electrons. The van der Waals surface area contributed by atoms with E-state index in [1.807, 2.05) is 4.90 Å². The van der Waals surface area contributed by atoms with Crippen LogP contribution in [0, 0.1) is 0 Å². The van der Waals surface area contributed by atoms with E-state index in [0.29, 0.717) is 19.0 Å². The Morgan fingerprint density at radius 2 is 1.89 bits per heavy atom. The Morgan fingerprint density at radius 3 is 2.61 bits per heavy atom. The van der Waals surface area contributed by atoms with Crippen molar-refractivity contribution in [1.29, 1.82) is 0 Å². The van der Waals surface area contributed by atoms with Crippen LogP contribution in [0.5, 0.6) is 0 Å². The molecule has 0 spiro atoms. The van der Waals surface area contributed by atoms with Gasteiger partial charge in [-0.3, -0.25) is 14.5 Å². The van der Waals surface area contributed by atoms with E-state index in [-0.39, 0.29) is 17.9 Å². The van der Waals surface area contributed by atoms with Crippen molar-refractivity contribution >= 4 is 11.8 Å². The van der Waals surface area contributed by atoms with Gasteiger partial charge in [0.25, 0.3) is 0 Å². The molecule has 2 saturated heterocycles. The van der Waals surface area contributed by atoms with E-state index in [0.717, 1.165) is 25.6 Å². The second-order valence-corrected chi connectivity index (χ2v) is 5.74. The lowest BCUT2D eigenvalue weighted by Gasteiger charge is -2.29. The van der Waals surface area contributed by atoms with Gasteiger partial charge in [-0.2, -0.15) is 0 Å². The minimum Gasteiger partial charge on any atom is -0.345 e. The van der Waals surface area contributed by atoms with Crippen molar-refractivity contribution in [2.24, 2.45) is 0 Å². The van der Waals surface area contributed by atoms with Crippen LogP contribution in [0.4, 0.5) is 0 Å². The summed E-state index contributed by atoms with van der Waals surface area (Å²) >= 11 is 0. The quantitative estimate of drug-likeness (QED) is 0.749. The number of likely N-dealkylation sites (tertiary alicyclic amines) is 1. The second-order valence-electron chi connectivity index (χ2n) is 5.74. The number of carbonyl (C=O) groups is 2. The lowest BCUT2D eigenvalue weighted by Crippen LogP contribution is -2.48. The molecule has 3 rings (SSSR count). The predicted molar refractivity (Wildman–Crippen MR) is 66.9 cm³/mol. The molecule has 18 heavy (non-hydrogen) atoms. The Labute approximate surface area is 107 Å². The summed E-state index contributed by atoms with van der Waals surface area (Å²) in [4.78, 5) is 28.2. The Balaban J connectivity index is 1.66. The maximum absolute atomic E-state index is 12.3. The normalized spacial score (nSPS) is 34.6. The number of rotatable bonds is 2. The summed E-state index contributed by atoms with van der Waals surface area (Å²) in [7, 11) is 0. The smallest absolute Gasteiger partial charge is 0.245 e. The number of nitrogens with one attached hydrogen (secondary N) is 1. The van der Waals surface area contributed by atoms with Crippen LogP contribution in [-0.2, 0) is 9.59 Å². The van der Waals surface area contributed by atoms with Gasteiger partial charge in [0.05, 0.1) is 0 Å². The van der Waals surface area contributed by atoms with E-state index in [1.165, 1.54) is 12.8 Å². The zero-order chi connectivity index (χ0) is 12.7. The van der Waals surface area contributed by atoms with Gasteiger partial charge in [0.15, 0.2) is 0 Å². The molecule has 0 aromatic carbocycles. The summed E-state index contributed by atoms with van der Waals surface area (Å²) < 4.78 is 0. The number of carbonyl (C=O) groups excluding carboxylic acids is 2. The van der Waals surface area contributed by atoms with E-state index >= 15 is 0 Å². The molecule has 1 saturated carbocycles. The summed E-state index contributed by atoms with van der Waals surface area (Å²) in [6, 6.07) is 0.720. The van der Waals surface area contributed by atoms with Crippen molar-refractivity contribution in [2.45, 2.75) is 50.7 Å². The monoisotopic (exact) mass is 251 g/mol. The fraction of sp³-hybridized carbons (Fsp3) is 0.846. The Hall–Kier alpha value is -1.10. The zero-order valence-electron chi connectivity index (χ0n) is 10.9. The van der Waals surface area contributed by atoms with Gasteiger partial charge in [-0.1, -0.05) is 0 Å². The van der Waals surface area contributed by atoms with Crippen LogP contribution in [0.2, 0.25) is 0 Å². The summed E-state index contributed by atoms with van der Waals surface area (Å²) in [5.41, 5.74) is 0. The average Bonchev–Trinajstić information content (AvgIpc) is 3.09. The Kier molecular flexibility index (Phi) is 3.01. The van der Waals surface area contributed by atoms with Crippen molar-refractivity contribution in [1.82, 2.24) is 15.1 Å². The lowest BCUT2D eigenvalue weighted by atomic mass is 10.2. The van der Waals surface area contributed by atoms with Gasteiger partial charge < -0.3 is 10.2 Å². The molecule has 0 aromatic heterocycles. The molecular weight excluding hydrogens is 230 g/mol. The van der Waals surface area contributed by atoms with Gasteiger partial charge in [0.1, 0.15) is 6.04 Å². The molecule has 2 amide bonds. The minimum absolute atomic E-state index is 0.00426. The molecule has 3 fully saturated rings. The van der Waals surface area contributed by atoms with Crippen LogP contribution in [-0.4, -0.2) is 59.4 Å². The van der Waals surface area contributed by atoms with Crippen molar-refractivity contribution < 1.29 is 9.59 Å². The highest BCUT2D eigenvalue weighted by Crippen LogP contribution is 2.31. The van der Waals surface area contributed by atoms with Crippen LogP contribution in [0.1, 0.15) is 32.6 Å². The lowest BCUT2D eigenvalue weighted by molar-refractivity contribution is -0.134. The summed E-state index contributed by atoms with van der Waals surface area (Å²) in [6.45, 7) is 4.47. The molecule has 100 valence electrons. The topological polar surface area (TPSA) is 52.7 Å². The first kappa shape index (κ1) is 12.0. The molecule has 2 heterocycles. The van der Waals surface area contributed by atoms with Gasteiger partial charge in [0.2, 0.25) is 11.8 Å². The average molecular weight is 251 g/mol. The van der Waals surface area contributed by atoms with Crippen molar-refractivity contribution in [3.63, 3.8) is 0 Å². The van der Waals surface area contributed by atoms with Crippen LogP contribution >= 0.6 is 0 Å². The van der Waals surface area contributed by atoms with Gasteiger partial charge >= 0.3 is 0 Å². The number of amides is 2. The van der Waals surface area contributed by atoms with Gasteiger partial charge in [-0.05, 0) is 26.2 Å². The minimum atomic E-state index is -0.366. The standard InChI is InChI=1S/C13H21N3O2/c1-9-13(18)16(7-5-12(17)14-9)11-4-6-15(8-11)10-2-3-10/h9-11H,2-8H2,1H3,(H,14,17). The molecule has 0 aromatic rings. The molecule has 5 heteroatoms. The van der Waals surface area contributed by atoms with Gasteiger partial charge in [0, 0.05) is 38.1 Å². The second kappa shape index (κ2) is 4.53. The highest BCUT2D eigenvalue weighted by Gasteiger charge is 2.39. The Morgan fingerprint density at radius 1 is 1.11 bits per heavy atom. The summed E-state index contributed by atoms with van der Waals surface area (Å²) in [6.07, 6.45) is 4.13. The molecule has 2 unspecified atom stereocenters. The van der Waals surface area contributed by atoms with Crippen LogP contribution in [0.3, 0.4) is 0 Å². The molecule has 3 aliphatic rings. The van der Waals surface area contributed by atoms with E-state index in [4.69, 9.17) is 0 Å². The molecule has 1 aliphatic carbocycles. The number of nitrogens with zero attached hydrogens (tertiary/aromatic N) is 2. The maximum Gasteiger partial charge on any atom is 0.245 e. The molecular formula is C13H21N3O2. The van der Waals surface area contributed by atoms with Gasteiger partial charge in [-0.25, -0.2) is 0 Å². The molecule has 1 N–H and O–H groups in total. The highest BCUT2D eigenvalue weighted by atomic mass is 16.2. The van der Waals surface area contributed by atoms with E-state index < -0.39 is 0 Å². The third kappa shape index (κ3) is 2.23. The molecule has 2 atom stereocenters. The third-order valence-electron chi connectivity index (χ3n) is 4.31. The zero-order valence-corrected chi connectivity index (χ0v) is 10.9.